The Labute approximate surface area is 190 Å². The van der Waals surface area contributed by atoms with Gasteiger partial charge in [0.25, 0.3) is 0 Å². The second-order valence-corrected chi connectivity index (χ2v) is 8.97. The molecular formula is C24H26BrClN2O2. The van der Waals surface area contributed by atoms with Crippen molar-refractivity contribution < 1.29 is 10.2 Å². The first-order valence-corrected chi connectivity index (χ1v) is 11.5. The lowest BCUT2D eigenvalue weighted by Crippen LogP contribution is -2.47. The van der Waals surface area contributed by atoms with Gasteiger partial charge in [0.15, 0.2) is 11.8 Å². The fourth-order valence-electron chi connectivity index (χ4n) is 4.34. The fraction of sp³-hybridized carbons (Fsp3) is 0.333. The highest BCUT2D eigenvalue weighted by atomic mass is 79.9. The van der Waals surface area contributed by atoms with E-state index in [0.717, 1.165) is 36.1 Å². The summed E-state index contributed by atoms with van der Waals surface area (Å²) >= 11 is 9.88. The Balaban J connectivity index is 1.82. The monoisotopic (exact) mass is 488 g/mol. The highest BCUT2D eigenvalue weighted by molar-refractivity contribution is 9.10. The Kier molecular flexibility index (Phi) is 6.11. The largest absolute Gasteiger partial charge is 0.376 e. The minimum absolute atomic E-state index is 0.552. The maximum atomic E-state index is 11.9. The number of hydrogen-bond donors (Lipinski definition) is 2. The van der Waals surface area contributed by atoms with Gasteiger partial charge in [0.05, 0.1) is 5.02 Å². The molecule has 30 heavy (non-hydrogen) atoms. The number of benzene rings is 3. The van der Waals surface area contributed by atoms with Gasteiger partial charge in [0.2, 0.25) is 0 Å². The summed E-state index contributed by atoms with van der Waals surface area (Å²) in [6, 6.07) is 17.5. The Bertz CT molecular complexity index is 1070. The average Bonchev–Trinajstić information content (AvgIpc) is 2.96. The predicted molar refractivity (Wildman–Crippen MR) is 127 cm³/mol. The minimum Gasteiger partial charge on any atom is -0.376 e. The van der Waals surface area contributed by atoms with E-state index < -0.39 is 11.8 Å². The Morgan fingerprint density at radius 3 is 2.47 bits per heavy atom. The molecule has 0 fully saturated rings. The van der Waals surface area contributed by atoms with Crippen LogP contribution in [-0.4, -0.2) is 47.5 Å². The number of anilines is 1. The lowest BCUT2D eigenvalue weighted by Gasteiger charge is -2.33. The third kappa shape index (κ3) is 3.53. The van der Waals surface area contributed by atoms with Gasteiger partial charge in [-0.25, -0.2) is 0 Å². The summed E-state index contributed by atoms with van der Waals surface area (Å²) < 4.78 is 0.694. The quantitative estimate of drug-likeness (QED) is 0.513. The number of rotatable bonds is 6. The maximum Gasteiger partial charge on any atom is 0.164 e. The van der Waals surface area contributed by atoms with Crippen molar-refractivity contribution in [3.05, 3.63) is 75.2 Å². The molecule has 0 aromatic heterocycles. The van der Waals surface area contributed by atoms with Crippen molar-refractivity contribution >= 4 is 44.0 Å². The molecule has 0 aliphatic carbocycles. The molecule has 158 valence electrons. The number of nitrogens with zero attached hydrogens (tertiary/aromatic N) is 2. The predicted octanol–water partition coefficient (Wildman–Crippen LogP) is 4.97. The van der Waals surface area contributed by atoms with Crippen LogP contribution in [0.5, 0.6) is 0 Å². The van der Waals surface area contributed by atoms with Crippen LogP contribution < -0.4 is 4.90 Å². The lowest BCUT2D eigenvalue weighted by atomic mass is 9.86. The van der Waals surface area contributed by atoms with Crippen LogP contribution in [0.1, 0.15) is 25.0 Å². The Morgan fingerprint density at radius 2 is 1.77 bits per heavy atom. The molecule has 0 bridgehead atoms. The molecule has 2 unspecified atom stereocenters. The number of fused-ring (bicyclic) bond motifs is 2. The lowest BCUT2D eigenvalue weighted by molar-refractivity contribution is -0.0387. The Hall–Kier alpha value is -1.63. The zero-order valence-electron chi connectivity index (χ0n) is 17.1. The molecule has 0 amide bonds. The normalized spacial score (nSPS) is 20.9. The van der Waals surface area contributed by atoms with Crippen molar-refractivity contribution in [1.29, 1.82) is 0 Å². The van der Waals surface area contributed by atoms with Crippen LogP contribution in [0.4, 0.5) is 5.69 Å². The summed E-state index contributed by atoms with van der Waals surface area (Å²) in [6.45, 7) is 7.48. The summed E-state index contributed by atoms with van der Waals surface area (Å²) in [4.78, 5) is 4.15. The van der Waals surface area contributed by atoms with Crippen LogP contribution in [0.3, 0.4) is 0 Å². The number of likely N-dealkylation sites (N-methyl/N-ethyl adjacent to an activating group) is 1. The van der Waals surface area contributed by atoms with E-state index in [9.17, 15) is 10.2 Å². The molecule has 0 spiro atoms. The molecular weight excluding hydrogens is 464 g/mol. The average molecular weight is 490 g/mol. The first kappa shape index (κ1) is 21.6. The second-order valence-electron chi connectivity index (χ2n) is 7.71. The molecule has 4 nitrogen and oxygen atoms in total. The summed E-state index contributed by atoms with van der Waals surface area (Å²) in [5, 5.41) is 26.0. The third-order valence-electron chi connectivity index (χ3n) is 6.17. The second kappa shape index (κ2) is 8.48. The van der Waals surface area contributed by atoms with Crippen LogP contribution in [-0.2, 0) is 5.60 Å². The molecule has 0 radical (unpaired) electrons. The molecule has 2 N–H and O–H groups in total. The van der Waals surface area contributed by atoms with Gasteiger partial charge >= 0.3 is 0 Å². The van der Waals surface area contributed by atoms with Gasteiger partial charge in [-0.3, -0.25) is 0 Å². The van der Waals surface area contributed by atoms with Crippen LogP contribution in [0.2, 0.25) is 5.02 Å². The number of hydrogen-bond acceptors (Lipinski definition) is 4. The van der Waals surface area contributed by atoms with E-state index in [1.54, 1.807) is 0 Å². The standard InChI is InChI=1S/C24H26BrClN2O2/c1-3-27(4-2)11-12-28-22-15-21(26)20(25)14-19(22)24(30,23(28)29)18-10-9-16-7-5-6-8-17(16)13-18/h5-10,13-15,23,29-30H,3-4,11-12H2,1-2H3. The zero-order chi connectivity index (χ0) is 21.5. The van der Waals surface area contributed by atoms with Crippen molar-refractivity contribution in [3.63, 3.8) is 0 Å². The van der Waals surface area contributed by atoms with Crippen molar-refractivity contribution in [2.24, 2.45) is 0 Å². The first-order valence-electron chi connectivity index (χ1n) is 10.3. The maximum absolute atomic E-state index is 11.9. The summed E-state index contributed by atoms with van der Waals surface area (Å²) in [5.74, 6) is 0. The van der Waals surface area contributed by atoms with Crippen molar-refractivity contribution in [2.45, 2.75) is 25.7 Å². The van der Waals surface area contributed by atoms with Crippen LogP contribution in [0, 0.1) is 0 Å². The van der Waals surface area contributed by atoms with E-state index in [1.807, 2.05) is 59.5 Å². The van der Waals surface area contributed by atoms with Gasteiger partial charge in [-0.1, -0.05) is 61.8 Å². The highest BCUT2D eigenvalue weighted by Gasteiger charge is 2.51. The molecule has 2 atom stereocenters. The van der Waals surface area contributed by atoms with Gasteiger partial charge in [0, 0.05) is 28.8 Å². The number of aliphatic hydroxyl groups excluding tert-OH is 1. The molecule has 1 aliphatic heterocycles. The van der Waals surface area contributed by atoms with Crippen LogP contribution >= 0.6 is 27.5 Å². The summed E-state index contributed by atoms with van der Waals surface area (Å²) in [7, 11) is 0. The topological polar surface area (TPSA) is 46.9 Å². The molecule has 1 aliphatic rings. The molecule has 3 aromatic rings. The first-order chi connectivity index (χ1) is 14.4. The Morgan fingerprint density at radius 1 is 1.07 bits per heavy atom. The van der Waals surface area contributed by atoms with E-state index >= 15 is 0 Å². The molecule has 1 heterocycles. The number of aliphatic hydroxyl groups is 2. The smallest absolute Gasteiger partial charge is 0.164 e. The molecule has 0 saturated heterocycles. The fourth-order valence-corrected chi connectivity index (χ4v) is 4.84. The summed E-state index contributed by atoms with van der Waals surface area (Å²) in [6.07, 6.45) is -1.12. The van der Waals surface area contributed by atoms with E-state index in [1.165, 1.54) is 0 Å². The minimum atomic E-state index is -1.56. The zero-order valence-corrected chi connectivity index (χ0v) is 19.5. The molecule has 6 heteroatoms. The van der Waals surface area contributed by atoms with Crippen molar-refractivity contribution in [2.75, 3.05) is 31.1 Å². The number of halogens is 2. The van der Waals surface area contributed by atoms with Gasteiger partial charge < -0.3 is 20.0 Å². The highest BCUT2D eigenvalue weighted by Crippen LogP contribution is 2.49. The van der Waals surface area contributed by atoms with Crippen LogP contribution in [0.15, 0.2) is 59.1 Å². The van der Waals surface area contributed by atoms with E-state index in [4.69, 9.17) is 11.6 Å². The third-order valence-corrected chi connectivity index (χ3v) is 7.37. The van der Waals surface area contributed by atoms with Gasteiger partial charge in [-0.15, -0.1) is 0 Å². The van der Waals surface area contributed by atoms with Crippen LogP contribution in [0.25, 0.3) is 10.8 Å². The summed E-state index contributed by atoms with van der Waals surface area (Å²) in [5.41, 5.74) is 0.518. The van der Waals surface area contributed by atoms with Gasteiger partial charge in [-0.05, 0) is 63.6 Å². The molecule has 0 saturated carbocycles. The SMILES string of the molecule is CCN(CC)CCN1c2cc(Cl)c(Br)cc2C(O)(c2ccc3ccccc3c2)C1O. The van der Waals surface area contributed by atoms with Gasteiger partial charge in [-0.2, -0.15) is 0 Å². The molecule has 4 rings (SSSR count). The van der Waals surface area contributed by atoms with E-state index in [0.29, 0.717) is 27.2 Å². The van der Waals surface area contributed by atoms with E-state index in [2.05, 4.69) is 34.7 Å². The molecule has 3 aromatic carbocycles. The van der Waals surface area contributed by atoms with Gasteiger partial charge in [0.1, 0.15) is 0 Å². The van der Waals surface area contributed by atoms with E-state index in [-0.39, 0.29) is 0 Å². The van der Waals surface area contributed by atoms with Crippen molar-refractivity contribution in [3.8, 4) is 0 Å². The van der Waals surface area contributed by atoms with Crippen molar-refractivity contribution in [1.82, 2.24) is 4.90 Å².